The van der Waals surface area contributed by atoms with E-state index in [1.807, 2.05) is 6.92 Å². The molecule has 0 bridgehead atoms. The van der Waals surface area contributed by atoms with Crippen molar-refractivity contribution in [3.8, 4) is 0 Å². The molecule has 2 aliphatic rings. The van der Waals surface area contributed by atoms with Gasteiger partial charge in [0.2, 0.25) is 5.89 Å². The molecule has 5 heteroatoms. The quantitative estimate of drug-likeness (QED) is 0.835. The zero-order valence-corrected chi connectivity index (χ0v) is 13.1. The Bertz CT molecular complexity index is 421. The average molecular weight is 293 g/mol. The van der Waals surface area contributed by atoms with Crippen molar-refractivity contribution in [2.75, 3.05) is 19.7 Å². The minimum Gasteiger partial charge on any atom is -0.378 e. The maximum absolute atomic E-state index is 5.98. The third-order valence-electron chi connectivity index (χ3n) is 4.82. The predicted octanol–water partition coefficient (Wildman–Crippen LogP) is 2.73. The number of likely N-dealkylation sites (tertiary alicyclic amines) is 1. The van der Waals surface area contributed by atoms with Gasteiger partial charge < -0.3 is 14.2 Å². The SMILES string of the molecule is Cc1nc(CCOC2CCN(C3CCCCC3)CC2)no1. The fourth-order valence-electron chi connectivity index (χ4n) is 3.61. The zero-order valence-electron chi connectivity index (χ0n) is 13.1. The van der Waals surface area contributed by atoms with Crippen LogP contribution in [0, 0.1) is 6.92 Å². The lowest BCUT2D eigenvalue weighted by Gasteiger charge is -2.39. The van der Waals surface area contributed by atoms with E-state index in [0.717, 1.165) is 18.3 Å². The Balaban J connectivity index is 1.33. The number of rotatable bonds is 5. The summed E-state index contributed by atoms with van der Waals surface area (Å²) in [7, 11) is 0. The summed E-state index contributed by atoms with van der Waals surface area (Å²) in [4.78, 5) is 6.90. The van der Waals surface area contributed by atoms with Gasteiger partial charge in [-0.2, -0.15) is 4.98 Å². The van der Waals surface area contributed by atoms with Gasteiger partial charge in [0, 0.05) is 32.5 Å². The van der Waals surface area contributed by atoms with Gasteiger partial charge in [-0.25, -0.2) is 0 Å². The van der Waals surface area contributed by atoms with Gasteiger partial charge in [-0.15, -0.1) is 0 Å². The van der Waals surface area contributed by atoms with E-state index >= 15 is 0 Å². The fraction of sp³-hybridized carbons (Fsp3) is 0.875. The van der Waals surface area contributed by atoms with Crippen molar-refractivity contribution in [1.29, 1.82) is 0 Å². The molecular formula is C16H27N3O2. The van der Waals surface area contributed by atoms with E-state index in [2.05, 4.69) is 15.0 Å². The van der Waals surface area contributed by atoms with Crippen LogP contribution in [0.4, 0.5) is 0 Å². The Morgan fingerprint density at radius 3 is 2.57 bits per heavy atom. The highest BCUT2D eigenvalue weighted by Crippen LogP contribution is 2.26. The fourth-order valence-corrected chi connectivity index (χ4v) is 3.61. The average Bonchev–Trinajstić information content (AvgIpc) is 2.94. The smallest absolute Gasteiger partial charge is 0.223 e. The third kappa shape index (κ3) is 4.27. The maximum Gasteiger partial charge on any atom is 0.223 e. The summed E-state index contributed by atoms with van der Waals surface area (Å²) in [6.45, 7) is 4.93. The molecule has 1 saturated heterocycles. The molecule has 5 nitrogen and oxygen atoms in total. The van der Waals surface area contributed by atoms with Crippen molar-refractivity contribution >= 4 is 0 Å². The standard InChI is InChI=1S/C16H27N3O2/c1-13-17-16(18-21-13)9-12-20-15-7-10-19(11-8-15)14-5-3-2-4-6-14/h14-15H,2-12H2,1H3. The first-order valence-corrected chi connectivity index (χ1v) is 8.46. The molecule has 0 radical (unpaired) electrons. The first kappa shape index (κ1) is 15.0. The van der Waals surface area contributed by atoms with Gasteiger partial charge in [0.25, 0.3) is 0 Å². The molecule has 0 atom stereocenters. The number of aryl methyl sites for hydroxylation is 1. The van der Waals surface area contributed by atoms with Crippen LogP contribution in [-0.4, -0.2) is 46.9 Å². The highest BCUT2D eigenvalue weighted by molar-refractivity contribution is 4.84. The zero-order chi connectivity index (χ0) is 14.5. The lowest BCUT2D eigenvalue weighted by molar-refractivity contribution is -0.00512. The first-order valence-electron chi connectivity index (χ1n) is 8.46. The second kappa shape index (κ2) is 7.36. The molecule has 21 heavy (non-hydrogen) atoms. The van der Waals surface area contributed by atoms with Crippen molar-refractivity contribution in [1.82, 2.24) is 15.0 Å². The van der Waals surface area contributed by atoms with Crippen molar-refractivity contribution in [3.05, 3.63) is 11.7 Å². The summed E-state index contributed by atoms with van der Waals surface area (Å²) in [5.74, 6) is 1.39. The monoisotopic (exact) mass is 293 g/mol. The van der Waals surface area contributed by atoms with Crippen molar-refractivity contribution < 1.29 is 9.26 Å². The normalized spacial score (nSPS) is 22.7. The second-order valence-corrected chi connectivity index (χ2v) is 6.38. The molecule has 0 N–H and O–H groups in total. The highest BCUT2D eigenvalue weighted by Gasteiger charge is 2.26. The molecule has 1 aromatic heterocycles. The number of piperidine rings is 1. The van der Waals surface area contributed by atoms with Crippen molar-refractivity contribution in [3.63, 3.8) is 0 Å². The van der Waals surface area contributed by atoms with Gasteiger partial charge in [-0.3, -0.25) is 0 Å². The second-order valence-electron chi connectivity index (χ2n) is 6.38. The van der Waals surface area contributed by atoms with Crippen LogP contribution in [0.15, 0.2) is 4.52 Å². The maximum atomic E-state index is 5.98. The van der Waals surface area contributed by atoms with Crippen LogP contribution in [0.25, 0.3) is 0 Å². The van der Waals surface area contributed by atoms with Crippen LogP contribution in [-0.2, 0) is 11.2 Å². The Labute approximate surface area is 127 Å². The van der Waals surface area contributed by atoms with E-state index in [4.69, 9.17) is 9.26 Å². The van der Waals surface area contributed by atoms with E-state index in [-0.39, 0.29) is 0 Å². The summed E-state index contributed by atoms with van der Waals surface area (Å²) in [6, 6.07) is 0.849. The molecule has 2 fully saturated rings. The summed E-state index contributed by atoms with van der Waals surface area (Å²) < 4.78 is 10.9. The van der Waals surface area contributed by atoms with Gasteiger partial charge in [-0.1, -0.05) is 24.4 Å². The molecule has 3 rings (SSSR count). The van der Waals surface area contributed by atoms with E-state index in [1.165, 1.54) is 58.0 Å². The van der Waals surface area contributed by atoms with Crippen LogP contribution < -0.4 is 0 Å². The van der Waals surface area contributed by atoms with Crippen molar-refractivity contribution in [2.24, 2.45) is 0 Å². The number of hydrogen-bond donors (Lipinski definition) is 0. The summed E-state index contributed by atoms with van der Waals surface area (Å²) in [6.07, 6.45) is 10.6. The van der Waals surface area contributed by atoms with Crippen LogP contribution in [0.1, 0.15) is 56.7 Å². The minimum absolute atomic E-state index is 0.415. The molecule has 1 aliphatic carbocycles. The molecule has 0 aromatic carbocycles. The topological polar surface area (TPSA) is 51.4 Å². The van der Waals surface area contributed by atoms with Crippen LogP contribution >= 0.6 is 0 Å². The summed E-state index contributed by atoms with van der Waals surface area (Å²) >= 11 is 0. The summed E-state index contributed by atoms with van der Waals surface area (Å²) in [5.41, 5.74) is 0. The lowest BCUT2D eigenvalue weighted by Crippen LogP contribution is -2.44. The molecule has 2 heterocycles. The molecular weight excluding hydrogens is 266 g/mol. The molecule has 1 saturated carbocycles. The van der Waals surface area contributed by atoms with Crippen LogP contribution in [0.2, 0.25) is 0 Å². The Kier molecular flexibility index (Phi) is 5.25. The number of hydrogen-bond acceptors (Lipinski definition) is 5. The number of ether oxygens (including phenoxy) is 1. The molecule has 1 aliphatic heterocycles. The van der Waals surface area contributed by atoms with Crippen LogP contribution in [0.3, 0.4) is 0 Å². The first-order chi connectivity index (χ1) is 10.3. The minimum atomic E-state index is 0.415. The highest BCUT2D eigenvalue weighted by atomic mass is 16.5. The lowest BCUT2D eigenvalue weighted by atomic mass is 9.92. The molecule has 0 amide bonds. The van der Waals surface area contributed by atoms with E-state index in [0.29, 0.717) is 18.6 Å². The largest absolute Gasteiger partial charge is 0.378 e. The Hall–Kier alpha value is -0.940. The molecule has 0 unspecified atom stereocenters. The molecule has 0 spiro atoms. The van der Waals surface area contributed by atoms with Gasteiger partial charge in [0.05, 0.1) is 12.7 Å². The molecule has 1 aromatic rings. The van der Waals surface area contributed by atoms with E-state index < -0.39 is 0 Å². The third-order valence-corrected chi connectivity index (χ3v) is 4.82. The van der Waals surface area contributed by atoms with Crippen molar-refractivity contribution in [2.45, 2.75) is 70.4 Å². The van der Waals surface area contributed by atoms with Crippen LogP contribution in [0.5, 0.6) is 0 Å². The van der Waals surface area contributed by atoms with Gasteiger partial charge in [0.1, 0.15) is 0 Å². The van der Waals surface area contributed by atoms with Gasteiger partial charge in [-0.05, 0) is 25.7 Å². The molecule has 118 valence electrons. The number of aromatic nitrogens is 2. The Morgan fingerprint density at radius 1 is 1.14 bits per heavy atom. The Morgan fingerprint density at radius 2 is 1.90 bits per heavy atom. The van der Waals surface area contributed by atoms with Gasteiger partial charge >= 0.3 is 0 Å². The number of nitrogens with zero attached hydrogens (tertiary/aromatic N) is 3. The van der Waals surface area contributed by atoms with E-state index in [1.54, 1.807) is 0 Å². The summed E-state index contributed by atoms with van der Waals surface area (Å²) in [5, 5.41) is 3.90. The predicted molar refractivity (Wildman–Crippen MR) is 80.2 cm³/mol. The van der Waals surface area contributed by atoms with E-state index in [9.17, 15) is 0 Å². The van der Waals surface area contributed by atoms with Gasteiger partial charge in [0.15, 0.2) is 5.82 Å².